The van der Waals surface area contributed by atoms with Crippen LogP contribution in [0.1, 0.15) is 12.5 Å². The van der Waals surface area contributed by atoms with Gasteiger partial charge in [-0.2, -0.15) is 0 Å². The summed E-state index contributed by atoms with van der Waals surface area (Å²) < 4.78 is 28.1. The molecule has 1 aliphatic rings. The number of benzene rings is 2. The summed E-state index contributed by atoms with van der Waals surface area (Å²) >= 11 is 0. The molecule has 4 heteroatoms. The molecule has 0 fully saturated rings. The number of nitrogens with two attached hydrogens (primary N) is 1. The molecule has 19 heavy (non-hydrogen) atoms. The van der Waals surface area contributed by atoms with Gasteiger partial charge in [0.05, 0.1) is 0 Å². The van der Waals surface area contributed by atoms with Gasteiger partial charge in [-0.15, -0.1) is 0 Å². The van der Waals surface area contributed by atoms with Crippen molar-refractivity contribution < 1.29 is 8.78 Å². The van der Waals surface area contributed by atoms with E-state index in [0.717, 1.165) is 29.8 Å². The summed E-state index contributed by atoms with van der Waals surface area (Å²) in [6.07, 6.45) is 0.777. The molecule has 1 heterocycles. The molecule has 98 valence electrons. The van der Waals surface area contributed by atoms with Gasteiger partial charge in [0.2, 0.25) is 0 Å². The zero-order valence-corrected chi connectivity index (χ0v) is 10.5. The fourth-order valence-electron chi connectivity index (χ4n) is 2.72. The van der Waals surface area contributed by atoms with Crippen molar-refractivity contribution in [1.82, 2.24) is 0 Å². The number of rotatable bonds is 1. The Morgan fingerprint density at radius 1 is 1.16 bits per heavy atom. The third kappa shape index (κ3) is 1.84. The van der Waals surface area contributed by atoms with Gasteiger partial charge in [0, 0.05) is 17.4 Å². The molecule has 2 aromatic rings. The third-order valence-corrected chi connectivity index (χ3v) is 3.49. The van der Waals surface area contributed by atoms with Gasteiger partial charge < -0.3 is 10.6 Å². The van der Waals surface area contributed by atoms with Crippen LogP contribution in [-0.4, -0.2) is 6.04 Å². The van der Waals surface area contributed by atoms with Gasteiger partial charge in [0.25, 0.3) is 0 Å². The fraction of sp³-hybridized carbons (Fsp3) is 0.200. The maximum Gasteiger partial charge on any atom is 0.151 e. The largest absolute Gasteiger partial charge is 0.399 e. The predicted octanol–water partition coefficient (Wildman–Crippen LogP) is 3.63. The number of para-hydroxylation sites is 1. The molecule has 0 spiro atoms. The lowest BCUT2D eigenvalue weighted by Gasteiger charge is -2.26. The molecule has 1 aliphatic heterocycles. The highest BCUT2D eigenvalue weighted by Crippen LogP contribution is 2.40. The molecule has 3 rings (SSSR count). The molecule has 1 unspecified atom stereocenters. The summed E-state index contributed by atoms with van der Waals surface area (Å²) in [6, 6.07) is 10.0. The van der Waals surface area contributed by atoms with Crippen LogP contribution in [0.15, 0.2) is 36.4 Å². The van der Waals surface area contributed by atoms with Crippen LogP contribution in [0.2, 0.25) is 0 Å². The van der Waals surface area contributed by atoms with E-state index in [1.807, 2.05) is 31.2 Å². The fourth-order valence-corrected chi connectivity index (χ4v) is 2.72. The second-order valence-electron chi connectivity index (χ2n) is 4.89. The normalized spacial score (nSPS) is 17.6. The Kier molecular flexibility index (Phi) is 2.66. The van der Waals surface area contributed by atoms with Crippen molar-refractivity contribution in [3.05, 3.63) is 53.6 Å². The Hall–Kier alpha value is -2.10. The van der Waals surface area contributed by atoms with Gasteiger partial charge in [-0.25, -0.2) is 8.78 Å². The summed E-state index contributed by atoms with van der Waals surface area (Å²) in [5, 5.41) is 0. The minimum absolute atomic E-state index is 0.0185. The van der Waals surface area contributed by atoms with E-state index in [1.54, 1.807) is 4.90 Å². The second kappa shape index (κ2) is 4.23. The van der Waals surface area contributed by atoms with E-state index < -0.39 is 11.6 Å². The lowest BCUT2D eigenvalue weighted by Crippen LogP contribution is -2.26. The van der Waals surface area contributed by atoms with Crippen molar-refractivity contribution in [3.63, 3.8) is 0 Å². The number of hydrogen-bond donors (Lipinski definition) is 1. The smallest absolute Gasteiger partial charge is 0.151 e. The standard InChI is InChI=1S/C15H14F2N2/c1-9-6-10-4-2-3-5-14(10)19(9)15-12(16)7-11(18)8-13(15)17/h2-5,7-9H,6,18H2,1H3. The summed E-state index contributed by atoms with van der Waals surface area (Å²) in [7, 11) is 0. The van der Waals surface area contributed by atoms with Gasteiger partial charge in [-0.05, 0) is 37.1 Å². The zero-order valence-electron chi connectivity index (χ0n) is 10.5. The zero-order chi connectivity index (χ0) is 13.6. The van der Waals surface area contributed by atoms with E-state index in [4.69, 9.17) is 5.73 Å². The first-order chi connectivity index (χ1) is 9.08. The highest BCUT2D eigenvalue weighted by atomic mass is 19.1. The van der Waals surface area contributed by atoms with Crippen LogP contribution >= 0.6 is 0 Å². The van der Waals surface area contributed by atoms with E-state index in [1.165, 1.54) is 0 Å². The molecule has 0 radical (unpaired) electrons. The van der Waals surface area contributed by atoms with Crippen LogP contribution in [-0.2, 0) is 6.42 Å². The number of halogens is 2. The lowest BCUT2D eigenvalue weighted by atomic mass is 10.1. The molecule has 2 aromatic carbocycles. The minimum atomic E-state index is -0.624. The van der Waals surface area contributed by atoms with Crippen LogP contribution in [0, 0.1) is 11.6 Å². The highest BCUT2D eigenvalue weighted by Gasteiger charge is 2.30. The van der Waals surface area contributed by atoms with Crippen molar-refractivity contribution in [2.45, 2.75) is 19.4 Å². The maximum absolute atomic E-state index is 14.1. The van der Waals surface area contributed by atoms with E-state index in [2.05, 4.69) is 0 Å². The van der Waals surface area contributed by atoms with Gasteiger partial charge in [-0.1, -0.05) is 18.2 Å². The van der Waals surface area contributed by atoms with E-state index in [0.29, 0.717) is 0 Å². The molecule has 1 atom stereocenters. The van der Waals surface area contributed by atoms with Crippen LogP contribution in [0.4, 0.5) is 25.8 Å². The van der Waals surface area contributed by atoms with Gasteiger partial charge in [0.1, 0.15) is 5.69 Å². The molecule has 0 saturated heterocycles. The first kappa shape index (κ1) is 12.0. The average Bonchev–Trinajstić information content (AvgIpc) is 2.65. The summed E-state index contributed by atoms with van der Waals surface area (Å²) in [5.74, 6) is -1.25. The molecule has 0 saturated carbocycles. The van der Waals surface area contributed by atoms with Crippen LogP contribution < -0.4 is 10.6 Å². The Morgan fingerprint density at radius 3 is 2.47 bits per heavy atom. The number of nitrogens with zero attached hydrogens (tertiary/aromatic N) is 1. The van der Waals surface area contributed by atoms with Crippen molar-refractivity contribution in [2.75, 3.05) is 10.6 Å². The topological polar surface area (TPSA) is 29.3 Å². The van der Waals surface area contributed by atoms with Crippen LogP contribution in [0.25, 0.3) is 0 Å². The van der Waals surface area contributed by atoms with Crippen molar-refractivity contribution in [1.29, 1.82) is 0 Å². The molecule has 2 N–H and O–H groups in total. The molecule has 0 aromatic heterocycles. The molecule has 0 amide bonds. The first-order valence-corrected chi connectivity index (χ1v) is 6.19. The second-order valence-corrected chi connectivity index (χ2v) is 4.89. The lowest BCUT2D eigenvalue weighted by molar-refractivity contribution is 0.574. The maximum atomic E-state index is 14.1. The third-order valence-electron chi connectivity index (χ3n) is 3.49. The van der Waals surface area contributed by atoms with Crippen molar-refractivity contribution in [2.24, 2.45) is 0 Å². The SMILES string of the molecule is CC1Cc2ccccc2N1c1c(F)cc(N)cc1F. The number of anilines is 3. The van der Waals surface area contributed by atoms with Crippen molar-refractivity contribution >= 4 is 17.1 Å². The summed E-state index contributed by atoms with van der Waals surface area (Å²) in [6.45, 7) is 1.95. The Labute approximate surface area is 110 Å². The number of fused-ring (bicyclic) bond motifs is 1. The van der Waals surface area contributed by atoms with E-state index in [9.17, 15) is 8.78 Å². The number of hydrogen-bond acceptors (Lipinski definition) is 2. The van der Waals surface area contributed by atoms with Crippen LogP contribution in [0.3, 0.4) is 0 Å². The molecule has 0 aliphatic carbocycles. The van der Waals surface area contributed by atoms with Crippen LogP contribution in [0.5, 0.6) is 0 Å². The monoisotopic (exact) mass is 260 g/mol. The molecule has 0 bridgehead atoms. The Balaban J connectivity index is 2.18. The Morgan fingerprint density at radius 2 is 1.79 bits per heavy atom. The van der Waals surface area contributed by atoms with Crippen molar-refractivity contribution in [3.8, 4) is 0 Å². The van der Waals surface area contributed by atoms with Gasteiger partial charge >= 0.3 is 0 Å². The average molecular weight is 260 g/mol. The van der Waals surface area contributed by atoms with E-state index >= 15 is 0 Å². The highest BCUT2D eigenvalue weighted by molar-refractivity contribution is 5.72. The Bertz CT molecular complexity index is 617. The summed E-state index contributed by atoms with van der Waals surface area (Å²) in [5.41, 5.74) is 7.49. The summed E-state index contributed by atoms with van der Waals surface area (Å²) in [4.78, 5) is 1.71. The van der Waals surface area contributed by atoms with E-state index in [-0.39, 0.29) is 17.4 Å². The quantitative estimate of drug-likeness (QED) is 0.793. The van der Waals surface area contributed by atoms with Gasteiger partial charge in [0.15, 0.2) is 11.6 Å². The molecule has 2 nitrogen and oxygen atoms in total. The predicted molar refractivity (Wildman–Crippen MR) is 72.5 cm³/mol. The first-order valence-electron chi connectivity index (χ1n) is 6.19. The van der Waals surface area contributed by atoms with Gasteiger partial charge in [-0.3, -0.25) is 0 Å². The molecular formula is C15H14F2N2. The minimum Gasteiger partial charge on any atom is -0.399 e. The molecular weight excluding hydrogens is 246 g/mol. The number of nitrogen functional groups attached to an aromatic ring is 1.